The maximum Gasteiger partial charge on any atom is 0.130 e. The number of rotatable bonds is 4. The standard InChI is InChI=1S/C15H19Cl2N3/c1-9-7-11(16)5-6-12(9)14(18-3)8-13-10(2)19-20(4)15(13)17/h5-7,14,18H,8H2,1-4H3. The molecule has 0 amide bonds. The Labute approximate surface area is 129 Å². The Kier molecular flexibility index (Phi) is 4.74. The van der Waals surface area contributed by atoms with Gasteiger partial charge in [-0.05, 0) is 50.6 Å². The fourth-order valence-electron chi connectivity index (χ4n) is 2.51. The Bertz CT molecular complexity index is 620. The average molecular weight is 312 g/mol. The molecule has 1 atom stereocenters. The molecule has 0 bridgehead atoms. The second-order valence-electron chi connectivity index (χ2n) is 5.02. The van der Waals surface area contributed by atoms with Gasteiger partial charge in [-0.15, -0.1) is 0 Å². The summed E-state index contributed by atoms with van der Waals surface area (Å²) in [5.41, 5.74) is 4.47. The summed E-state index contributed by atoms with van der Waals surface area (Å²) in [5.74, 6) is 0. The first-order valence-electron chi connectivity index (χ1n) is 6.55. The van der Waals surface area contributed by atoms with Crippen LogP contribution >= 0.6 is 23.2 Å². The van der Waals surface area contributed by atoms with Gasteiger partial charge in [-0.2, -0.15) is 5.10 Å². The number of aryl methyl sites for hydroxylation is 3. The van der Waals surface area contributed by atoms with E-state index in [-0.39, 0.29) is 6.04 Å². The van der Waals surface area contributed by atoms with Gasteiger partial charge in [0, 0.05) is 23.7 Å². The van der Waals surface area contributed by atoms with Gasteiger partial charge in [-0.1, -0.05) is 29.3 Å². The van der Waals surface area contributed by atoms with Crippen LogP contribution in [0, 0.1) is 13.8 Å². The number of nitrogens with zero attached hydrogens (tertiary/aromatic N) is 2. The summed E-state index contributed by atoms with van der Waals surface area (Å²) < 4.78 is 1.72. The van der Waals surface area contributed by atoms with Gasteiger partial charge in [0.15, 0.2) is 0 Å². The summed E-state index contributed by atoms with van der Waals surface area (Å²) >= 11 is 12.3. The molecule has 5 heteroatoms. The molecule has 0 aliphatic rings. The lowest BCUT2D eigenvalue weighted by atomic mass is 9.96. The number of aromatic nitrogens is 2. The fraction of sp³-hybridized carbons (Fsp3) is 0.400. The number of hydrogen-bond acceptors (Lipinski definition) is 2. The van der Waals surface area contributed by atoms with Crippen molar-refractivity contribution >= 4 is 23.2 Å². The Hall–Kier alpha value is -1.03. The van der Waals surface area contributed by atoms with Crippen molar-refractivity contribution in [3.63, 3.8) is 0 Å². The van der Waals surface area contributed by atoms with Crippen LogP contribution in [0.4, 0.5) is 0 Å². The first-order chi connectivity index (χ1) is 9.43. The van der Waals surface area contributed by atoms with E-state index in [1.165, 1.54) is 11.1 Å². The molecule has 0 saturated carbocycles. The van der Waals surface area contributed by atoms with E-state index >= 15 is 0 Å². The maximum atomic E-state index is 6.32. The zero-order chi connectivity index (χ0) is 14.9. The average Bonchev–Trinajstić information content (AvgIpc) is 2.62. The van der Waals surface area contributed by atoms with E-state index in [0.29, 0.717) is 5.15 Å². The SMILES string of the molecule is CNC(Cc1c(C)nn(C)c1Cl)c1ccc(Cl)cc1C. The van der Waals surface area contributed by atoms with Crippen molar-refractivity contribution in [2.45, 2.75) is 26.3 Å². The molecule has 2 aromatic rings. The molecule has 0 spiro atoms. The van der Waals surface area contributed by atoms with Crippen molar-refractivity contribution in [3.8, 4) is 0 Å². The van der Waals surface area contributed by atoms with E-state index in [2.05, 4.69) is 23.4 Å². The lowest BCUT2D eigenvalue weighted by Crippen LogP contribution is -2.20. The minimum absolute atomic E-state index is 0.188. The van der Waals surface area contributed by atoms with Gasteiger partial charge in [0.2, 0.25) is 0 Å². The van der Waals surface area contributed by atoms with Gasteiger partial charge in [0.1, 0.15) is 5.15 Å². The normalized spacial score (nSPS) is 12.7. The Morgan fingerprint density at radius 1 is 1.30 bits per heavy atom. The van der Waals surface area contributed by atoms with Gasteiger partial charge in [-0.25, -0.2) is 0 Å². The number of benzene rings is 1. The molecule has 3 nitrogen and oxygen atoms in total. The van der Waals surface area contributed by atoms with E-state index in [1.807, 2.05) is 33.2 Å². The number of hydrogen-bond donors (Lipinski definition) is 1. The smallest absolute Gasteiger partial charge is 0.130 e. The summed E-state index contributed by atoms with van der Waals surface area (Å²) in [6.07, 6.45) is 0.803. The fourth-order valence-corrected chi connectivity index (χ4v) is 2.99. The van der Waals surface area contributed by atoms with Crippen LogP contribution in [0.5, 0.6) is 0 Å². The van der Waals surface area contributed by atoms with Crippen LogP contribution in [0.1, 0.15) is 28.4 Å². The van der Waals surface area contributed by atoms with Crippen LogP contribution < -0.4 is 5.32 Å². The lowest BCUT2D eigenvalue weighted by Gasteiger charge is -2.19. The van der Waals surface area contributed by atoms with Crippen LogP contribution in [0.15, 0.2) is 18.2 Å². The number of halogens is 2. The summed E-state index contributed by atoms with van der Waals surface area (Å²) in [6, 6.07) is 6.16. The molecule has 1 unspecified atom stereocenters. The van der Waals surface area contributed by atoms with E-state index in [9.17, 15) is 0 Å². The second-order valence-corrected chi connectivity index (χ2v) is 5.82. The van der Waals surface area contributed by atoms with E-state index in [1.54, 1.807) is 4.68 Å². The molecule has 20 heavy (non-hydrogen) atoms. The van der Waals surface area contributed by atoms with Crippen LogP contribution in [-0.2, 0) is 13.5 Å². The Morgan fingerprint density at radius 2 is 2.00 bits per heavy atom. The van der Waals surface area contributed by atoms with Crippen molar-refractivity contribution < 1.29 is 0 Å². The predicted octanol–water partition coefficient (Wildman–Crippen LogP) is 3.85. The van der Waals surface area contributed by atoms with Crippen molar-refractivity contribution in [3.05, 3.63) is 50.8 Å². The predicted molar refractivity (Wildman–Crippen MR) is 84.6 cm³/mol. The van der Waals surface area contributed by atoms with E-state index < -0.39 is 0 Å². The zero-order valence-corrected chi connectivity index (χ0v) is 13.7. The molecule has 2 rings (SSSR count). The highest BCUT2D eigenvalue weighted by molar-refractivity contribution is 6.30. The molecule has 0 saturated heterocycles. The third-order valence-electron chi connectivity index (χ3n) is 3.63. The molecule has 0 radical (unpaired) electrons. The van der Waals surface area contributed by atoms with Crippen LogP contribution in [0.25, 0.3) is 0 Å². The largest absolute Gasteiger partial charge is 0.313 e. The van der Waals surface area contributed by atoms with Crippen LogP contribution in [0.2, 0.25) is 10.2 Å². The summed E-state index contributed by atoms with van der Waals surface area (Å²) in [4.78, 5) is 0. The third kappa shape index (κ3) is 3.00. The van der Waals surface area contributed by atoms with E-state index in [4.69, 9.17) is 23.2 Å². The highest BCUT2D eigenvalue weighted by Gasteiger charge is 2.18. The first-order valence-corrected chi connectivity index (χ1v) is 7.31. The molecule has 108 valence electrons. The second kappa shape index (κ2) is 6.17. The zero-order valence-electron chi connectivity index (χ0n) is 12.2. The third-order valence-corrected chi connectivity index (χ3v) is 4.34. The molecule has 0 fully saturated rings. The van der Waals surface area contributed by atoms with Gasteiger partial charge in [-0.3, -0.25) is 4.68 Å². The van der Waals surface area contributed by atoms with Crippen molar-refractivity contribution in [2.24, 2.45) is 7.05 Å². The highest BCUT2D eigenvalue weighted by atomic mass is 35.5. The Morgan fingerprint density at radius 3 is 2.50 bits per heavy atom. The van der Waals surface area contributed by atoms with Crippen molar-refractivity contribution in [2.75, 3.05) is 7.05 Å². The van der Waals surface area contributed by atoms with Crippen molar-refractivity contribution in [1.82, 2.24) is 15.1 Å². The summed E-state index contributed by atoms with van der Waals surface area (Å²) in [7, 11) is 3.82. The minimum atomic E-state index is 0.188. The molecule has 1 heterocycles. The van der Waals surface area contributed by atoms with E-state index in [0.717, 1.165) is 22.7 Å². The molecular weight excluding hydrogens is 293 g/mol. The van der Waals surface area contributed by atoms with Crippen molar-refractivity contribution in [1.29, 1.82) is 0 Å². The molecule has 0 aliphatic heterocycles. The summed E-state index contributed by atoms with van der Waals surface area (Å²) in [6.45, 7) is 4.06. The van der Waals surface area contributed by atoms with Crippen LogP contribution in [-0.4, -0.2) is 16.8 Å². The van der Waals surface area contributed by atoms with Gasteiger partial charge in [0.05, 0.1) is 5.69 Å². The monoisotopic (exact) mass is 311 g/mol. The maximum absolute atomic E-state index is 6.32. The molecular formula is C15H19Cl2N3. The highest BCUT2D eigenvalue weighted by Crippen LogP contribution is 2.28. The van der Waals surface area contributed by atoms with Crippen LogP contribution in [0.3, 0.4) is 0 Å². The Balaban J connectivity index is 2.33. The van der Waals surface area contributed by atoms with Gasteiger partial charge >= 0.3 is 0 Å². The molecule has 1 N–H and O–H groups in total. The van der Waals surface area contributed by atoms with Gasteiger partial charge in [0.25, 0.3) is 0 Å². The summed E-state index contributed by atoms with van der Waals surface area (Å²) in [5, 5.41) is 9.18. The lowest BCUT2D eigenvalue weighted by molar-refractivity contribution is 0.587. The number of nitrogens with one attached hydrogen (secondary N) is 1. The molecule has 1 aromatic carbocycles. The number of likely N-dealkylation sites (N-methyl/N-ethyl adjacent to an activating group) is 1. The molecule has 1 aromatic heterocycles. The van der Waals surface area contributed by atoms with Gasteiger partial charge < -0.3 is 5.32 Å². The minimum Gasteiger partial charge on any atom is -0.313 e. The quantitative estimate of drug-likeness (QED) is 0.929. The topological polar surface area (TPSA) is 29.9 Å². The molecule has 0 aliphatic carbocycles. The first kappa shape index (κ1) is 15.4.